The highest BCUT2D eigenvalue weighted by Gasteiger charge is 2.54. The molecule has 6 rings (SSSR count). The van der Waals surface area contributed by atoms with E-state index in [0.29, 0.717) is 29.1 Å². The number of alkyl halides is 3. The number of imidazole rings is 1. The van der Waals surface area contributed by atoms with Gasteiger partial charge in [0.15, 0.2) is 0 Å². The molecular formula is C29H24F3N7O2. The highest BCUT2D eigenvalue weighted by Crippen LogP contribution is 2.58. The van der Waals surface area contributed by atoms with E-state index in [9.17, 15) is 22.8 Å². The smallest absolute Gasteiger partial charge is 0.382 e. The molecule has 9 nitrogen and oxygen atoms in total. The zero-order valence-electron chi connectivity index (χ0n) is 21.9. The summed E-state index contributed by atoms with van der Waals surface area (Å²) in [6.07, 6.45) is 2.63. The van der Waals surface area contributed by atoms with Crippen LogP contribution in [-0.2, 0) is 11.0 Å². The van der Waals surface area contributed by atoms with Crippen molar-refractivity contribution >= 4 is 29.0 Å². The summed E-state index contributed by atoms with van der Waals surface area (Å²) in [5, 5.41) is 2.40. The molecule has 2 aliphatic rings. The van der Waals surface area contributed by atoms with Crippen molar-refractivity contribution in [2.75, 3.05) is 17.6 Å². The van der Waals surface area contributed by atoms with Crippen molar-refractivity contribution in [2.45, 2.75) is 38.4 Å². The molecular weight excluding hydrogens is 535 g/mol. The van der Waals surface area contributed by atoms with Gasteiger partial charge in [-0.05, 0) is 61.8 Å². The van der Waals surface area contributed by atoms with Crippen molar-refractivity contribution in [3.8, 4) is 23.1 Å². The molecule has 3 aromatic heterocycles. The quantitative estimate of drug-likeness (QED) is 0.350. The average molecular weight is 560 g/mol. The third kappa shape index (κ3) is 4.84. The Bertz CT molecular complexity index is 1750. The summed E-state index contributed by atoms with van der Waals surface area (Å²) in [6, 6.07) is 7.74. The molecule has 0 radical (unpaired) electrons. The van der Waals surface area contributed by atoms with E-state index in [1.807, 2.05) is 4.40 Å². The van der Waals surface area contributed by atoms with Crippen LogP contribution in [0.25, 0.3) is 16.8 Å². The number of halogens is 3. The third-order valence-electron chi connectivity index (χ3n) is 7.62. The van der Waals surface area contributed by atoms with E-state index in [2.05, 4.69) is 27.1 Å². The van der Waals surface area contributed by atoms with Crippen molar-refractivity contribution in [3.05, 3.63) is 71.9 Å². The molecule has 1 aliphatic carbocycles. The lowest BCUT2D eigenvalue weighted by molar-refractivity contribution is -0.137. The van der Waals surface area contributed by atoms with Gasteiger partial charge in [-0.3, -0.25) is 14.0 Å². The molecule has 0 unspecified atom stereocenters. The largest absolute Gasteiger partial charge is 0.416 e. The number of rotatable bonds is 4. The Morgan fingerprint density at radius 2 is 1.88 bits per heavy atom. The van der Waals surface area contributed by atoms with Gasteiger partial charge in [-0.2, -0.15) is 13.2 Å². The molecule has 1 spiro atoms. The second-order valence-electron chi connectivity index (χ2n) is 10.3. The van der Waals surface area contributed by atoms with Crippen molar-refractivity contribution in [1.29, 1.82) is 0 Å². The van der Waals surface area contributed by atoms with E-state index in [-0.39, 0.29) is 34.6 Å². The number of benzene rings is 1. The summed E-state index contributed by atoms with van der Waals surface area (Å²) in [4.78, 5) is 40.4. The number of carbonyl (C=O) groups excluding carboxylic acids is 2. The molecule has 1 aromatic carbocycles. The minimum atomic E-state index is -4.56. The molecule has 1 saturated carbocycles. The van der Waals surface area contributed by atoms with Gasteiger partial charge in [0.1, 0.15) is 28.7 Å². The molecule has 2 fully saturated rings. The number of fused-ring (bicyclic) bond motifs is 1. The van der Waals surface area contributed by atoms with Crippen LogP contribution >= 0.6 is 0 Å². The van der Waals surface area contributed by atoms with Crippen LogP contribution in [0.2, 0.25) is 0 Å². The summed E-state index contributed by atoms with van der Waals surface area (Å²) in [5.74, 6) is 5.18. The number of nitrogen functional groups attached to an aromatic ring is 1. The normalized spacial score (nSPS) is 17.4. The minimum Gasteiger partial charge on any atom is -0.382 e. The Morgan fingerprint density at radius 3 is 2.56 bits per heavy atom. The minimum absolute atomic E-state index is 0.0871. The van der Waals surface area contributed by atoms with Gasteiger partial charge < -0.3 is 16.0 Å². The number of hydrogen-bond acceptors (Lipinski definition) is 6. The van der Waals surface area contributed by atoms with E-state index in [1.54, 1.807) is 36.4 Å². The van der Waals surface area contributed by atoms with Gasteiger partial charge in [-0.15, -0.1) is 0 Å². The van der Waals surface area contributed by atoms with Gasteiger partial charge in [0, 0.05) is 36.3 Å². The van der Waals surface area contributed by atoms with Gasteiger partial charge in [0.05, 0.1) is 11.6 Å². The maximum absolute atomic E-state index is 13.0. The lowest BCUT2D eigenvalue weighted by atomic mass is 10.0. The van der Waals surface area contributed by atoms with E-state index in [4.69, 9.17) is 10.7 Å². The fourth-order valence-corrected chi connectivity index (χ4v) is 5.38. The highest BCUT2D eigenvalue weighted by molar-refractivity contribution is 6.04. The van der Waals surface area contributed by atoms with E-state index in [1.165, 1.54) is 12.1 Å². The summed E-state index contributed by atoms with van der Waals surface area (Å²) < 4.78 is 40.9. The molecule has 41 heavy (non-hydrogen) atoms. The van der Waals surface area contributed by atoms with Crippen molar-refractivity contribution in [1.82, 2.24) is 24.3 Å². The zero-order valence-corrected chi connectivity index (χ0v) is 21.9. The molecule has 1 atom stereocenters. The Hall–Kier alpha value is -4.92. The Balaban J connectivity index is 1.32. The van der Waals surface area contributed by atoms with Gasteiger partial charge in [0.2, 0.25) is 0 Å². The van der Waals surface area contributed by atoms with Crippen LogP contribution in [0.15, 0.2) is 55.0 Å². The molecule has 1 aliphatic heterocycles. The van der Waals surface area contributed by atoms with Crippen molar-refractivity contribution < 1.29 is 22.8 Å². The van der Waals surface area contributed by atoms with E-state index in [0.717, 1.165) is 37.6 Å². The lowest BCUT2D eigenvalue weighted by Crippen LogP contribution is -2.31. The Labute approximate surface area is 232 Å². The first kappa shape index (κ1) is 26.3. The summed E-state index contributed by atoms with van der Waals surface area (Å²) in [6.45, 7) is 2.26. The van der Waals surface area contributed by atoms with Crippen LogP contribution in [0.1, 0.15) is 54.0 Å². The van der Waals surface area contributed by atoms with Crippen molar-refractivity contribution in [2.24, 2.45) is 5.41 Å². The monoisotopic (exact) mass is 559 g/mol. The molecule has 4 heterocycles. The molecule has 1 saturated heterocycles. The zero-order chi connectivity index (χ0) is 28.9. The number of likely N-dealkylation sites (tertiary alicyclic amines) is 1. The van der Waals surface area contributed by atoms with Gasteiger partial charge in [0.25, 0.3) is 11.8 Å². The topological polar surface area (TPSA) is 119 Å². The molecule has 0 bridgehead atoms. The summed E-state index contributed by atoms with van der Waals surface area (Å²) >= 11 is 0. The number of hydrogen-bond donors (Lipinski definition) is 2. The second-order valence-corrected chi connectivity index (χ2v) is 10.3. The number of nitrogens with one attached hydrogen (secondary N) is 1. The van der Waals surface area contributed by atoms with Crippen molar-refractivity contribution in [3.63, 3.8) is 0 Å². The Morgan fingerprint density at radius 1 is 1.12 bits per heavy atom. The van der Waals surface area contributed by atoms with Crippen LogP contribution in [0.3, 0.4) is 0 Å². The summed E-state index contributed by atoms with van der Waals surface area (Å²) in [7, 11) is 0. The van der Waals surface area contributed by atoms with E-state index < -0.39 is 17.6 Å². The van der Waals surface area contributed by atoms with Crippen LogP contribution in [0.5, 0.6) is 0 Å². The lowest BCUT2D eigenvalue weighted by Gasteiger charge is -2.21. The molecule has 3 N–H and O–H groups in total. The van der Waals surface area contributed by atoms with Gasteiger partial charge in [-0.1, -0.05) is 18.1 Å². The Kier molecular flexibility index (Phi) is 6.17. The first-order valence-corrected chi connectivity index (χ1v) is 12.9. The fourth-order valence-electron chi connectivity index (χ4n) is 5.38. The molecule has 208 valence electrons. The first-order valence-electron chi connectivity index (χ1n) is 12.9. The second kappa shape index (κ2) is 9.62. The highest BCUT2D eigenvalue weighted by atomic mass is 19.4. The number of pyridine rings is 1. The van der Waals surface area contributed by atoms with Crippen LogP contribution in [-0.4, -0.2) is 42.6 Å². The average Bonchev–Trinajstić information content (AvgIpc) is 3.42. The number of carbonyl (C=O) groups is 2. The molecule has 12 heteroatoms. The maximum Gasteiger partial charge on any atom is 0.416 e. The molecule has 2 amide bonds. The number of nitrogens with zero attached hydrogens (tertiary/aromatic N) is 5. The number of amides is 2. The van der Waals surface area contributed by atoms with Gasteiger partial charge >= 0.3 is 6.18 Å². The fraction of sp³-hybridized carbons (Fsp3) is 0.276. The van der Waals surface area contributed by atoms with Gasteiger partial charge in [-0.25, -0.2) is 15.0 Å². The standard InChI is InChI=1S/C29H24F3N7O2/c1-2-3-22(40)39-16-28(9-10-28)15-20(39)26-37-23(24-25(33)35-12-13-38(24)26)17-4-6-18(7-5-17)27(41)36-21-14-19(8-11-34-21)29(30,31)32/h4-8,11-14,20H,9-10,15-16H2,1H3,(H2,33,35)(H,34,36,41)/t20-/m0/s1. The SMILES string of the molecule is CC#CC(=O)N1CC2(CC2)C[C@H]1c1nc(-c2ccc(C(=O)Nc3cc(C(F)(F)F)ccn3)cc2)c2c(N)nccn12. The van der Waals surface area contributed by atoms with Crippen LogP contribution in [0, 0.1) is 17.3 Å². The van der Waals surface area contributed by atoms with Crippen LogP contribution < -0.4 is 11.1 Å². The van der Waals surface area contributed by atoms with Crippen LogP contribution in [0.4, 0.5) is 24.8 Å². The predicted molar refractivity (Wildman–Crippen MR) is 144 cm³/mol. The molecule has 4 aromatic rings. The predicted octanol–water partition coefficient (Wildman–Crippen LogP) is 4.72. The van der Waals surface area contributed by atoms with E-state index >= 15 is 0 Å². The first-order chi connectivity index (χ1) is 19.6. The third-order valence-corrected chi connectivity index (χ3v) is 7.62. The summed E-state index contributed by atoms with van der Waals surface area (Å²) in [5.41, 5.74) is 7.43. The maximum atomic E-state index is 13.0. The number of aromatic nitrogens is 4. The number of anilines is 2. The number of nitrogens with two attached hydrogens (primary N) is 1.